The molecule has 1 atom stereocenters. The summed E-state index contributed by atoms with van der Waals surface area (Å²) in [6.07, 6.45) is 11.4. The van der Waals surface area contributed by atoms with Crippen LogP contribution < -0.4 is 5.32 Å². The third kappa shape index (κ3) is 2.96. The monoisotopic (exact) mass is 217 g/mol. The molecule has 0 heterocycles. The molecule has 1 N–H and O–H groups in total. The smallest absolute Gasteiger partial charge is 0.247 e. The molecule has 0 spiro atoms. The average Bonchev–Trinajstić information content (AvgIpc) is 2.42. The van der Waals surface area contributed by atoms with E-state index in [0.29, 0.717) is 5.92 Å². The van der Waals surface area contributed by atoms with Gasteiger partial charge in [-0.2, -0.15) is 0 Å². The van der Waals surface area contributed by atoms with Crippen molar-refractivity contribution in [3.63, 3.8) is 0 Å². The fourth-order valence-corrected chi connectivity index (χ4v) is 1.40. The molecule has 1 rings (SSSR count). The summed E-state index contributed by atoms with van der Waals surface area (Å²) in [5.74, 6) is 0.334. The van der Waals surface area contributed by atoms with Crippen LogP contribution in [0.15, 0.2) is 48.7 Å². The summed E-state index contributed by atoms with van der Waals surface area (Å²) < 4.78 is 0. The summed E-state index contributed by atoms with van der Waals surface area (Å²) in [4.78, 5) is 11.2. The molecule has 2 heteroatoms. The summed E-state index contributed by atoms with van der Waals surface area (Å²) in [5, 5.41) is 2.75. The van der Waals surface area contributed by atoms with Crippen molar-refractivity contribution in [1.82, 2.24) is 5.32 Å². The molecule has 0 saturated heterocycles. The van der Waals surface area contributed by atoms with Crippen molar-refractivity contribution in [2.24, 2.45) is 11.3 Å². The van der Waals surface area contributed by atoms with Crippen molar-refractivity contribution in [3.05, 3.63) is 48.7 Å². The van der Waals surface area contributed by atoms with E-state index in [4.69, 9.17) is 0 Å². The van der Waals surface area contributed by atoms with Crippen LogP contribution in [0.25, 0.3) is 0 Å². The third-order valence-electron chi connectivity index (χ3n) is 3.05. The lowest BCUT2D eigenvalue weighted by Crippen LogP contribution is -2.20. The molecule has 0 bridgehead atoms. The number of nitrogens with one attached hydrogen (secondary N) is 1. The fraction of sp³-hybridized carbons (Fsp3) is 0.357. The zero-order valence-corrected chi connectivity index (χ0v) is 10.2. The predicted octanol–water partition coefficient (Wildman–Crippen LogP) is 2.96. The summed E-state index contributed by atoms with van der Waals surface area (Å²) in [6, 6.07) is 0. The molecule has 1 amide bonds. The summed E-state index contributed by atoms with van der Waals surface area (Å²) in [6.45, 7) is 9.97. The molecule has 2 nitrogen and oxygen atoms in total. The van der Waals surface area contributed by atoms with Gasteiger partial charge in [-0.25, -0.2) is 0 Å². The third-order valence-corrected chi connectivity index (χ3v) is 3.05. The number of hydrogen-bond donors (Lipinski definition) is 1. The SMILES string of the molecule is C=CC(=O)NC1=CC=CC(C)(C(C)C)C=C1. The van der Waals surface area contributed by atoms with Gasteiger partial charge in [-0.05, 0) is 24.1 Å². The van der Waals surface area contributed by atoms with Gasteiger partial charge in [0.1, 0.15) is 0 Å². The lowest BCUT2D eigenvalue weighted by molar-refractivity contribution is -0.115. The number of carbonyl (C=O) groups is 1. The Labute approximate surface area is 97.4 Å². The van der Waals surface area contributed by atoms with Crippen LogP contribution in [0.1, 0.15) is 20.8 Å². The Morgan fingerprint density at radius 2 is 2.19 bits per heavy atom. The molecule has 0 aromatic heterocycles. The minimum Gasteiger partial charge on any atom is -0.323 e. The zero-order valence-electron chi connectivity index (χ0n) is 10.2. The maximum atomic E-state index is 11.2. The second-order valence-corrected chi connectivity index (χ2v) is 4.53. The molecule has 0 aliphatic heterocycles. The summed E-state index contributed by atoms with van der Waals surface area (Å²) in [7, 11) is 0. The van der Waals surface area contributed by atoms with Gasteiger partial charge in [-0.1, -0.05) is 45.6 Å². The van der Waals surface area contributed by atoms with E-state index in [0.717, 1.165) is 5.70 Å². The van der Waals surface area contributed by atoms with Crippen molar-refractivity contribution in [2.75, 3.05) is 0 Å². The molecule has 0 radical (unpaired) electrons. The van der Waals surface area contributed by atoms with Crippen molar-refractivity contribution in [3.8, 4) is 0 Å². The van der Waals surface area contributed by atoms with Gasteiger partial charge in [0.25, 0.3) is 0 Å². The molecule has 86 valence electrons. The van der Waals surface area contributed by atoms with E-state index in [9.17, 15) is 4.79 Å². The molecular formula is C14H19NO. The van der Waals surface area contributed by atoms with Gasteiger partial charge in [0.15, 0.2) is 0 Å². The van der Waals surface area contributed by atoms with Gasteiger partial charge in [-0.15, -0.1) is 0 Å². The summed E-state index contributed by atoms with van der Waals surface area (Å²) in [5.41, 5.74) is 0.836. The Morgan fingerprint density at radius 3 is 2.75 bits per heavy atom. The maximum Gasteiger partial charge on any atom is 0.247 e. The number of hydrogen-bond acceptors (Lipinski definition) is 1. The molecule has 1 aliphatic rings. The van der Waals surface area contributed by atoms with Gasteiger partial charge >= 0.3 is 0 Å². The lowest BCUT2D eigenvalue weighted by atomic mass is 9.79. The van der Waals surface area contributed by atoms with E-state index in [1.165, 1.54) is 6.08 Å². The Kier molecular flexibility index (Phi) is 3.88. The van der Waals surface area contributed by atoms with E-state index in [1.54, 1.807) is 0 Å². The van der Waals surface area contributed by atoms with Crippen LogP contribution in [0, 0.1) is 11.3 Å². The molecule has 0 aromatic rings. The quantitative estimate of drug-likeness (QED) is 0.723. The van der Waals surface area contributed by atoms with Gasteiger partial charge in [-0.3, -0.25) is 4.79 Å². The molecule has 16 heavy (non-hydrogen) atoms. The first-order valence-electron chi connectivity index (χ1n) is 5.50. The highest BCUT2D eigenvalue weighted by Crippen LogP contribution is 2.31. The van der Waals surface area contributed by atoms with Gasteiger partial charge < -0.3 is 5.32 Å². The van der Waals surface area contributed by atoms with Crippen LogP contribution in [0.3, 0.4) is 0 Å². The Bertz CT molecular complexity index is 374. The molecule has 0 fully saturated rings. The van der Waals surface area contributed by atoms with Crippen molar-refractivity contribution < 1.29 is 4.79 Å². The second-order valence-electron chi connectivity index (χ2n) is 4.53. The first-order valence-corrected chi connectivity index (χ1v) is 5.50. The topological polar surface area (TPSA) is 29.1 Å². The first-order chi connectivity index (χ1) is 7.48. The zero-order chi connectivity index (χ0) is 12.2. The van der Waals surface area contributed by atoms with E-state index in [2.05, 4.69) is 44.8 Å². The van der Waals surface area contributed by atoms with Crippen molar-refractivity contribution >= 4 is 5.91 Å². The molecule has 0 aromatic carbocycles. The number of rotatable bonds is 3. The van der Waals surface area contributed by atoms with Gasteiger partial charge in [0.2, 0.25) is 5.91 Å². The fourth-order valence-electron chi connectivity index (χ4n) is 1.40. The maximum absolute atomic E-state index is 11.2. The van der Waals surface area contributed by atoms with Crippen LogP contribution in [0.5, 0.6) is 0 Å². The average molecular weight is 217 g/mol. The van der Waals surface area contributed by atoms with E-state index in [-0.39, 0.29) is 11.3 Å². The highest BCUT2D eigenvalue weighted by molar-refractivity contribution is 5.88. The highest BCUT2D eigenvalue weighted by atomic mass is 16.1. The Hall–Kier alpha value is -1.57. The van der Waals surface area contributed by atoms with E-state index < -0.39 is 0 Å². The van der Waals surface area contributed by atoms with Gasteiger partial charge in [0.05, 0.1) is 0 Å². The second kappa shape index (κ2) is 4.97. The van der Waals surface area contributed by atoms with Crippen LogP contribution in [-0.2, 0) is 4.79 Å². The number of amides is 1. The molecule has 0 saturated carbocycles. The van der Waals surface area contributed by atoms with Gasteiger partial charge in [0, 0.05) is 11.1 Å². The van der Waals surface area contributed by atoms with Crippen LogP contribution >= 0.6 is 0 Å². The minimum atomic E-state index is -0.183. The molecule has 1 aliphatic carbocycles. The van der Waals surface area contributed by atoms with Crippen molar-refractivity contribution in [2.45, 2.75) is 20.8 Å². The number of allylic oxidation sites excluding steroid dienone is 5. The standard InChI is InChI=1S/C14H19NO/c1-5-13(16)15-12-7-6-9-14(4,10-8-12)11(2)3/h5-11H,1H2,2-4H3,(H,15,16). The molecule has 1 unspecified atom stereocenters. The predicted molar refractivity (Wildman–Crippen MR) is 67.6 cm³/mol. The van der Waals surface area contributed by atoms with Crippen LogP contribution in [0.2, 0.25) is 0 Å². The highest BCUT2D eigenvalue weighted by Gasteiger charge is 2.22. The van der Waals surface area contributed by atoms with Crippen LogP contribution in [0.4, 0.5) is 0 Å². The first kappa shape index (κ1) is 12.5. The van der Waals surface area contributed by atoms with E-state index in [1.807, 2.05) is 18.2 Å². The Balaban J connectivity index is 2.82. The minimum absolute atomic E-state index is 0.0388. The lowest BCUT2D eigenvalue weighted by Gasteiger charge is -2.26. The van der Waals surface area contributed by atoms with E-state index >= 15 is 0 Å². The summed E-state index contributed by atoms with van der Waals surface area (Å²) >= 11 is 0. The largest absolute Gasteiger partial charge is 0.323 e. The van der Waals surface area contributed by atoms with Crippen LogP contribution in [-0.4, -0.2) is 5.91 Å². The normalized spacial score (nSPS) is 23.9. The number of carbonyl (C=O) groups excluding carboxylic acids is 1. The molecular weight excluding hydrogens is 198 g/mol. The Morgan fingerprint density at radius 1 is 1.50 bits per heavy atom. The van der Waals surface area contributed by atoms with Crippen molar-refractivity contribution in [1.29, 1.82) is 0 Å².